The zero-order chi connectivity index (χ0) is 76.4. The van der Waals surface area contributed by atoms with Crippen molar-refractivity contribution in [3.8, 4) is 44.5 Å². The zero-order valence-electron chi connectivity index (χ0n) is 68.5. The number of benzene rings is 12. The molecular formula is C104H128. The minimum absolute atomic E-state index is 0.447. The van der Waals surface area contributed by atoms with E-state index in [1.165, 1.54) is 134 Å². The highest BCUT2D eigenvalue weighted by molar-refractivity contribution is 5.87. The summed E-state index contributed by atoms with van der Waals surface area (Å²) in [7, 11) is 0. The van der Waals surface area contributed by atoms with E-state index in [2.05, 4.69) is 267 Å². The Morgan fingerprint density at radius 2 is 0.269 bits per heavy atom. The summed E-state index contributed by atoms with van der Waals surface area (Å²) >= 11 is 0. The molecule has 0 fully saturated rings. The van der Waals surface area contributed by atoms with Crippen molar-refractivity contribution in [2.24, 2.45) is 0 Å². The summed E-state index contributed by atoms with van der Waals surface area (Å²) in [5.41, 5.74) is 41.5. The first-order chi connectivity index (χ1) is 51.7. The predicted molar refractivity (Wildman–Crippen MR) is 464 cm³/mol. The van der Waals surface area contributed by atoms with Crippen molar-refractivity contribution in [1.82, 2.24) is 0 Å². The van der Waals surface area contributed by atoms with Crippen LogP contribution in [-0.4, -0.2) is 0 Å². The summed E-state index contributed by atoms with van der Waals surface area (Å²) in [6.45, 7) is 48.0. The predicted octanol–water partition coefficient (Wildman–Crippen LogP) is 31.3. The lowest BCUT2D eigenvalue weighted by atomic mass is 9.77. The van der Waals surface area contributed by atoms with E-state index in [1.54, 1.807) is 22.3 Å². The van der Waals surface area contributed by atoms with Crippen molar-refractivity contribution in [1.29, 1.82) is 0 Å². The Kier molecular flexibility index (Phi) is 36.4. The van der Waals surface area contributed by atoms with Gasteiger partial charge in [-0.25, -0.2) is 0 Å². The van der Waals surface area contributed by atoms with Crippen LogP contribution in [0.1, 0.15) is 301 Å². The van der Waals surface area contributed by atoms with Gasteiger partial charge in [0.05, 0.1) is 0 Å². The van der Waals surface area contributed by atoms with Gasteiger partial charge in [-0.1, -0.05) is 433 Å². The lowest BCUT2D eigenvalue weighted by molar-refractivity contribution is 0.911. The maximum Gasteiger partial charge on any atom is 0.0357 e. The van der Waals surface area contributed by atoms with E-state index in [9.17, 15) is 0 Å². The topological polar surface area (TPSA) is 0 Å². The average molecular weight is 1380 g/mol. The van der Waals surface area contributed by atoms with Crippen LogP contribution < -0.4 is 0 Å². The third kappa shape index (κ3) is 16.9. The summed E-state index contributed by atoms with van der Waals surface area (Å²) in [6, 6.07) is 98.4. The molecule has 0 heterocycles. The molecule has 0 aromatic heterocycles. The van der Waals surface area contributed by atoms with Crippen molar-refractivity contribution in [2.45, 2.75) is 216 Å². The van der Waals surface area contributed by atoms with Crippen LogP contribution in [0, 0.1) is 0 Å². The molecule has 4 atom stereocenters. The van der Waals surface area contributed by atoms with Crippen LogP contribution in [0.25, 0.3) is 44.5 Å². The van der Waals surface area contributed by atoms with Gasteiger partial charge in [-0.3, -0.25) is 0 Å². The fraction of sp³-hybridized carbons (Fsp3) is 0.308. The van der Waals surface area contributed by atoms with Crippen LogP contribution in [-0.2, 0) is 25.7 Å². The third-order valence-corrected chi connectivity index (χ3v) is 19.2. The maximum absolute atomic E-state index is 2.31. The van der Waals surface area contributed by atoms with Gasteiger partial charge in [0.25, 0.3) is 0 Å². The van der Waals surface area contributed by atoms with Crippen molar-refractivity contribution in [3.63, 3.8) is 0 Å². The van der Waals surface area contributed by atoms with Gasteiger partial charge in [0.1, 0.15) is 0 Å². The minimum Gasteiger partial charge on any atom is -0.0683 e. The van der Waals surface area contributed by atoms with Crippen molar-refractivity contribution < 1.29 is 0 Å². The van der Waals surface area contributed by atoms with Crippen LogP contribution in [0.4, 0.5) is 0 Å². The van der Waals surface area contributed by atoms with Gasteiger partial charge in [-0.05, 0) is 181 Å². The molecule has 0 radical (unpaired) electrons. The molecule has 0 N–H and O–H groups in total. The highest BCUT2D eigenvalue weighted by Crippen LogP contribution is 2.57. The molecule has 12 aromatic carbocycles. The number of fused-ring (bicyclic) bond motifs is 20. The third-order valence-electron chi connectivity index (χ3n) is 19.2. The summed E-state index contributed by atoms with van der Waals surface area (Å²) in [6.07, 6.45) is 4.29. The molecule has 0 spiro atoms. The van der Waals surface area contributed by atoms with E-state index in [1.807, 2.05) is 166 Å². The van der Waals surface area contributed by atoms with Gasteiger partial charge in [-0.15, -0.1) is 0 Å². The molecule has 0 saturated carbocycles. The summed E-state index contributed by atoms with van der Waals surface area (Å²) in [5, 5.41) is 0. The Balaban J connectivity index is 0.000000227. The van der Waals surface area contributed by atoms with Crippen molar-refractivity contribution >= 4 is 0 Å². The Hall–Kier alpha value is -9.36. The van der Waals surface area contributed by atoms with Gasteiger partial charge in [0, 0.05) is 23.7 Å². The smallest absolute Gasteiger partial charge is 0.0357 e. The standard InChI is InChI=1S/4C20H14.12C2H6/c4*1-2-8-15-13(6-1)12-14-7-5-11-17-16-9-3-4-10-18(16)20(15)19(14)17;12*1-2/h4*1-11,20H,12H2;12*1-2H3. The van der Waals surface area contributed by atoms with Crippen LogP contribution in [0.2, 0.25) is 0 Å². The quantitative estimate of drug-likeness (QED) is 0.142. The SMILES string of the molecule is CC.CC.CC.CC.CC.CC.CC.CC.CC.CC.CC.CC.c1ccc2c(c1)Cc1cccc3c1C2c1ccccc1-3.c1ccc2c(c1)Cc1cccc3c1C2c1ccccc1-3.c1ccc2c(c1)Cc1cccc3c1C2c1ccccc1-3.c1ccc2c(c1)Cc1cccc3c1C2c1ccccc1-3. The van der Waals surface area contributed by atoms with E-state index in [0.717, 1.165) is 25.7 Å². The molecule has 0 amide bonds. The molecule has 8 aliphatic carbocycles. The Morgan fingerprint density at radius 3 is 0.452 bits per heavy atom. The number of hydrogen-bond donors (Lipinski definition) is 0. The number of rotatable bonds is 0. The molecule has 104 heavy (non-hydrogen) atoms. The van der Waals surface area contributed by atoms with E-state index >= 15 is 0 Å². The fourth-order valence-electron chi connectivity index (χ4n) is 16.0. The van der Waals surface area contributed by atoms with E-state index in [0.29, 0.717) is 23.7 Å². The fourth-order valence-corrected chi connectivity index (χ4v) is 16.0. The first-order valence-electron chi connectivity index (χ1n) is 40.9. The lowest BCUT2D eigenvalue weighted by Gasteiger charge is -2.26. The molecular weight excluding hydrogens is 1250 g/mol. The molecule has 8 aliphatic rings. The van der Waals surface area contributed by atoms with Gasteiger partial charge in [-0.2, -0.15) is 0 Å². The Bertz CT molecular complexity index is 3950. The van der Waals surface area contributed by atoms with E-state index < -0.39 is 0 Å². The summed E-state index contributed by atoms with van der Waals surface area (Å²) < 4.78 is 0. The molecule has 20 rings (SSSR count). The second kappa shape index (κ2) is 44.3. The largest absolute Gasteiger partial charge is 0.0683 e. The molecule has 0 bridgehead atoms. The number of hydrogen-bond acceptors (Lipinski definition) is 0. The maximum atomic E-state index is 2.31. The van der Waals surface area contributed by atoms with E-state index in [-0.39, 0.29) is 0 Å². The highest BCUT2D eigenvalue weighted by atomic mass is 14.4. The van der Waals surface area contributed by atoms with Gasteiger partial charge < -0.3 is 0 Å². The first kappa shape index (κ1) is 85.3. The van der Waals surface area contributed by atoms with Gasteiger partial charge in [0.2, 0.25) is 0 Å². The van der Waals surface area contributed by atoms with Crippen molar-refractivity contribution in [3.05, 3.63) is 378 Å². The van der Waals surface area contributed by atoms with Gasteiger partial charge in [0.15, 0.2) is 0 Å². The van der Waals surface area contributed by atoms with Crippen molar-refractivity contribution in [2.75, 3.05) is 0 Å². The zero-order valence-corrected chi connectivity index (χ0v) is 68.5. The molecule has 12 aromatic rings. The molecule has 0 heteroatoms. The van der Waals surface area contributed by atoms with Gasteiger partial charge >= 0.3 is 0 Å². The minimum atomic E-state index is 0.447. The van der Waals surface area contributed by atoms with E-state index in [4.69, 9.17) is 0 Å². The average Bonchev–Trinajstić information content (AvgIpc) is 1.59. The molecule has 0 saturated heterocycles. The summed E-state index contributed by atoms with van der Waals surface area (Å²) in [5.74, 6) is 1.79. The monoisotopic (exact) mass is 1380 g/mol. The van der Waals surface area contributed by atoms with Crippen LogP contribution >= 0.6 is 0 Å². The first-order valence-corrected chi connectivity index (χ1v) is 40.9. The second-order valence-corrected chi connectivity index (χ2v) is 23.1. The summed E-state index contributed by atoms with van der Waals surface area (Å²) in [4.78, 5) is 0. The molecule has 0 nitrogen and oxygen atoms in total. The van der Waals surface area contributed by atoms with Crippen LogP contribution in [0.3, 0.4) is 0 Å². The second-order valence-electron chi connectivity index (χ2n) is 23.1. The van der Waals surface area contributed by atoms with Crippen LogP contribution in [0.5, 0.6) is 0 Å². The van der Waals surface area contributed by atoms with Crippen LogP contribution in [0.15, 0.2) is 267 Å². The Morgan fingerprint density at radius 1 is 0.135 bits per heavy atom. The molecule has 4 unspecified atom stereocenters. The highest BCUT2D eigenvalue weighted by Gasteiger charge is 2.39. The molecule has 0 aliphatic heterocycles. The Labute approximate surface area is 634 Å². The normalized spacial score (nSPS) is 14.0. The molecule has 544 valence electrons. The lowest BCUT2D eigenvalue weighted by Crippen LogP contribution is -2.12.